The van der Waals surface area contributed by atoms with Crippen LogP contribution >= 0.6 is 11.6 Å². The molecule has 0 saturated carbocycles. The van der Waals surface area contributed by atoms with Crippen molar-refractivity contribution in [3.8, 4) is 11.5 Å². The van der Waals surface area contributed by atoms with Crippen LogP contribution in [-0.2, 0) is 10.0 Å². The molecule has 2 N–H and O–H groups in total. The van der Waals surface area contributed by atoms with Crippen molar-refractivity contribution in [1.29, 1.82) is 0 Å². The van der Waals surface area contributed by atoms with E-state index in [1.165, 1.54) is 55.8 Å². The van der Waals surface area contributed by atoms with E-state index in [0.717, 1.165) is 0 Å². The van der Waals surface area contributed by atoms with Crippen LogP contribution < -0.4 is 9.57 Å². The molecule has 0 saturated heterocycles. The zero-order valence-electron chi connectivity index (χ0n) is 11.5. The van der Waals surface area contributed by atoms with Crippen LogP contribution in [0.1, 0.15) is 5.56 Å². The fraction of sp³-hybridized carbons (Fsp3) is 0.0714. The molecule has 0 unspecified atom stereocenters. The van der Waals surface area contributed by atoms with Gasteiger partial charge in [-0.25, -0.2) is 4.83 Å². The van der Waals surface area contributed by atoms with E-state index in [2.05, 4.69) is 9.93 Å². The molecule has 2 aromatic rings. The van der Waals surface area contributed by atoms with Crippen molar-refractivity contribution in [3.05, 3.63) is 53.1 Å². The molecule has 0 spiro atoms. The summed E-state index contributed by atoms with van der Waals surface area (Å²) in [6.07, 6.45) is 1.17. The van der Waals surface area contributed by atoms with Crippen LogP contribution in [0.4, 0.5) is 0 Å². The van der Waals surface area contributed by atoms with Crippen molar-refractivity contribution in [2.75, 3.05) is 7.11 Å². The molecule has 22 heavy (non-hydrogen) atoms. The Labute approximate surface area is 133 Å². The van der Waals surface area contributed by atoms with Crippen molar-refractivity contribution in [2.24, 2.45) is 5.10 Å². The Balaban J connectivity index is 2.14. The summed E-state index contributed by atoms with van der Waals surface area (Å²) in [5, 5.41) is 13.6. The number of nitrogens with one attached hydrogen (secondary N) is 1. The molecule has 6 nitrogen and oxygen atoms in total. The molecule has 0 radical (unpaired) electrons. The van der Waals surface area contributed by atoms with Gasteiger partial charge in [-0.05, 0) is 42.5 Å². The summed E-state index contributed by atoms with van der Waals surface area (Å²) in [5.74, 6) is 0.489. The van der Waals surface area contributed by atoms with E-state index in [0.29, 0.717) is 16.3 Å². The number of ether oxygens (including phenoxy) is 1. The third-order valence-corrected chi connectivity index (χ3v) is 4.21. The molecule has 0 heterocycles. The molecule has 0 aliphatic carbocycles. The quantitative estimate of drug-likeness (QED) is 0.646. The maximum absolute atomic E-state index is 12.0. The van der Waals surface area contributed by atoms with Gasteiger partial charge in [0.25, 0.3) is 10.0 Å². The second-order valence-corrected chi connectivity index (χ2v) is 6.33. The first-order chi connectivity index (χ1) is 10.4. The third kappa shape index (κ3) is 3.90. The number of benzene rings is 2. The zero-order chi connectivity index (χ0) is 16.2. The smallest absolute Gasteiger partial charge is 0.276 e. The number of halogens is 1. The molecule has 116 valence electrons. The average molecular weight is 341 g/mol. The lowest BCUT2D eigenvalue weighted by atomic mass is 10.2. The molecule has 0 bridgehead atoms. The Morgan fingerprint density at radius 3 is 2.55 bits per heavy atom. The minimum Gasteiger partial charge on any atom is -0.507 e. The van der Waals surface area contributed by atoms with Crippen LogP contribution in [0.3, 0.4) is 0 Å². The van der Waals surface area contributed by atoms with Crippen LogP contribution in [-0.4, -0.2) is 26.8 Å². The maximum Gasteiger partial charge on any atom is 0.276 e. The molecular formula is C14H13ClN2O4S. The van der Waals surface area contributed by atoms with Gasteiger partial charge in [-0.2, -0.15) is 13.5 Å². The van der Waals surface area contributed by atoms with Gasteiger partial charge in [0.15, 0.2) is 0 Å². The summed E-state index contributed by atoms with van der Waals surface area (Å²) in [4.78, 5) is 2.10. The first-order valence-corrected chi connectivity index (χ1v) is 7.96. The monoisotopic (exact) mass is 340 g/mol. The lowest BCUT2D eigenvalue weighted by molar-refractivity contribution is 0.414. The van der Waals surface area contributed by atoms with Gasteiger partial charge in [-0.1, -0.05) is 11.6 Å². The Hall–Kier alpha value is -2.25. The van der Waals surface area contributed by atoms with Gasteiger partial charge in [0.1, 0.15) is 11.5 Å². The van der Waals surface area contributed by atoms with E-state index in [1.807, 2.05) is 0 Å². The molecule has 0 aromatic heterocycles. The van der Waals surface area contributed by atoms with Crippen molar-refractivity contribution >= 4 is 27.8 Å². The summed E-state index contributed by atoms with van der Waals surface area (Å²) in [6.45, 7) is 0. The normalized spacial score (nSPS) is 11.5. The molecule has 0 atom stereocenters. The molecule has 0 aliphatic heterocycles. The summed E-state index contributed by atoms with van der Waals surface area (Å²) in [7, 11) is -2.31. The fourth-order valence-electron chi connectivity index (χ4n) is 1.60. The van der Waals surface area contributed by atoms with Crippen LogP contribution in [0.25, 0.3) is 0 Å². The van der Waals surface area contributed by atoms with Gasteiger partial charge in [0, 0.05) is 10.6 Å². The Morgan fingerprint density at radius 1 is 1.23 bits per heavy atom. The number of phenolic OH excluding ortho intramolecular Hbond substituents is 1. The van der Waals surface area contributed by atoms with Crippen molar-refractivity contribution < 1.29 is 18.3 Å². The molecule has 0 amide bonds. The van der Waals surface area contributed by atoms with Gasteiger partial charge >= 0.3 is 0 Å². The SMILES string of the molecule is COc1ccc(S(=O)(=O)N/N=C/c2cc(Cl)ccc2O)cc1. The van der Waals surface area contributed by atoms with E-state index in [-0.39, 0.29) is 10.6 Å². The molecule has 2 rings (SSSR count). The molecule has 2 aromatic carbocycles. The number of rotatable bonds is 5. The lowest BCUT2D eigenvalue weighted by Crippen LogP contribution is -2.18. The highest BCUT2D eigenvalue weighted by Gasteiger charge is 2.12. The van der Waals surface area contributed by atoms with Gasteiger partial charge in [0.2, 0.25) is 0 Å². The Bertz CT molecular complexity index is 789. The average Bonchev–Trinajstić information content (AvgIpc) is 2.50. The predicted molar refractivity (Wildman–Crippen MR) is 84.0 cm³/mol. The van der Waals surface area contributed by atoms with E-state index < -0.39 is 10.0 Å². The molecule has 0 fully saturated rings. The van der Waals surface area contributed by atoms with Crippen molar-refractivity contribution in [2.45, 2.75) is 4.90 Å². The lowest BCUT2D eigenvalue weighted by Gasteiger charge is -2.05. The Kier molecular flexibility index (Phi) is 4.89. The minimum atomic E-state index is -3.80. The highest BCUT2D eigenvalue weighted by atomic mass is 35.5. The number of aromatic hydroxyl groups is 1. The topological polar surface area (TPSA) is 88.0 Å². The van der Waals surface area contributed by atoms with E-state index in [4.69, 9.17) is 16.3 Å². The van der Waals surface area contributed by atoms with Gasteiger partial charge < -0.3 is 9.84 Å². The number of hydrazone groups is 1. The number of phenols is 1. The zero-order valence-corrected chi connectivity index (χ0v) is 13.1. The number of sulfonamides is 1. The maximum atomic E-state index is 12.0. The second-order valence-electron chi connectivity index (χ2n) is 4.23. The van der Waals surface area contributed by atoms with Gasteiger partial charge in [0.05, 0.1) is 18.2 Å². The van der Waals surface area contributed by atoms with Gasteiger partial charge in [-0.3, -0.25) is 0 Å². The van der Waals surface area contributed by atoms with Crippen LogP contribution in [0.5, 0.6) is 11.5 Å². The van der Waals surface area contributed by atoms with Crippen molar-refractivity contribution in [1.82, 2.24) is 4.83 Å². The standard InChI is InChI=1S/C14H13ClN2O4S/c1-21-12-3-5-13(6-4-12)22(19,20)17-16-9-10-8-11(15)2-7-14(10)18/h2-9,17-18H,1H3/b16-9+. The molecular weight excluding hydrogens is 328 g/mol. The third-order valence-electron chi connectivity index (χ3n) is 2.74. The highest BCUT2D eigenvalue weighted by Crippen LogP contribution is 2.19. The predicted octanol–water partition coefficient (Wildman–Crippen LogP) is 2.37. The van der Waals surface area contributed by atoms with Crippen LogP contribution in [0.2, 0.25) is 5.02 Å². The summed E-state index contributed by atoms with van der Waals surface area (Å²) in [6, 6.07) is 10.2. The fourth-order valence-corrected chi connectivity index (χ4v) is 2.57. The number of hydrogen-bond donors (Lipinski definition) is 2. The number of hydrogen-bond acceptors (Lipinski definition) is 5. The second kappa shape index (κ2) is 6.67. The first kappa shape index (κ1) is 16.1. The molecule has 8 heteroatoms. The van der Waals surface area contributed by atoms with Crippen LogP contribution in [0.15, 0.2) is 52.5 Å². The summed E-state index contributed by atoms with van der Waals surface area (Å²) < 4.78 is 29.0. The highest BCUT2D eigenvalue weighted by molar-refractivity contribution is 7.89. The minimum absolute atomic E-state index is 0.0424. The first-order valence-electron chi connectivity index (χ1n) is 6.10. The van der Waals surface area contributed by atoms with E-state index >= 15 is 0 Å². The number of methoxy groups -OCH3 is 1. The summed E-state index contributed by atoms with van der Waals surface area (Å²) in [5.41, 5.74) is 0.296. The Morgan fingerprint density at radius 2 is 1.91 bits per heavy atom. The van der Waals surface area contributed by atoms with E-state index in [9.17, 15) is 13.5 Å². The number of nitrogens with zero attached hydrogens (tertiary/aromatic N) is 1. The van der Waals surface area contributed by atoms with Crippen LogP contribution in [0, 0.1) is 0 Å². The molecule has 0 aliphatic rings. The van der Waals surface area contributed by atoms with Crippen molar-refractivity contribution in [3.63, 3.8) is 0 Å². The van der Waals surface area contributed by atoms with E-state index in [1.54, 1.807) is 0 Å². The largest absolute Gasteiger partial charge is 0.507 e. The van der Waals surface area contributed by atoms with Gasteiger partial charge in [-0.15, -0.1) is 0 Å². The summed E-state index contributed by atoms with van der Waals surface area (Å²) >= 11 is 5.79.